The minimum Gasteiger partial charge on any atom is -0.508 e. The fraction of sp³-hybridized carbons (Fsp3) is 0.364. The van der Waals surface area contributed by atoms with Crippen LogP contribution in [0.15, 0.2) is 46.4 Å². The zero-order valence-corrected chi connectivity index (χ0v) is 17.2. The van der Waals surface area contributed by atoms with E-state index < -0.39 is 50.7 Å². The minimum absolute atomic E-state index is 0.0193. The molecule has 0 unspecified atom stereocenters. The summed E-state index contributed by atoms with van der Waals surface area (Å²) in [7, 11) is 0. The van der Waals surface area contributed by atoms with Crippen molar-refractivity contribution in [3.05, 3.63) is 47.5 Å². The Morgan fingerprint density at radius 2 is 0.812 bits per heavy atom. The van der Waals surface area contributed by atoms with Gasteiger partial charge in [0.1, 0.15) is 22.6 Å². The van der Waals surface area contributed by atoms with Gasteiger partial charge < -0.3 is 40.9 Å². The summed E-state index contributed by atoms with van der Waals surface area (Å²) in [6.45, 7) is -4.32. The highest BCUT2D eigenvalue weighted by atomic mass is 16.3. The number of aliphatic imine (C=N–C) groups is 2. The van der Waals surface area contributed by atoms with Gasteiger partial charge in [0.2, 0.25) is 0 Å². The first-order valence-corrected chi connectivity index (χ1v) is 9.84. The Morgan fingerprint density at radius 3 is 1.09 bits per heavy atom. The van der Waals surface area contributed by atoms with Crippen molar-refractivity contribution in [2.24, 2.45) is 9.98 Å². The van der Waals surface area contributed by atoms with Crippen LogP contribution in [-0.2, 0) is 0 Å². The molecule has 0 saturated heterocycles. The molecule has 1 aliphatic carbocycles. The standard InChI is InChI=1S/C22H26N2O8/c25-7-21(8-26,9-27)23-19-17-5-13(31)1-3-15(17)16-4-2-14(32)6-18(16)20(19)24-22(10-28,11-29)12-30/h1-6,25-32H,7-12H2. The van der Waals surface area contributed by atoms with Gasteiger partial charge in [-0.05, 0) is 35.4 Å². The summed E-state index contributed by atoms with van der Waals surface area (Å²) in [5, 5.41) is 79.2. The van der Waals surface area contributed by atoms with E-state index in [-0.39, 0.29) is 22.9 Å². The van der Waals surface area contributed by atoms with Gasteiger partial charge in [0.05, 0.1) is 51.1 Å². The van der Waals surface area contributed by atoms with Gasteiger partial charge in [-0.2, -0.15) is 0 Å². The molecular weight excluding hydrogens is 420 g/mol. The maximum atomic E-state index is 10.1. The molecule has 10 heteroatoms. The average molecular weight is 446 g/mol. The molecule has 0 bridgehead atoms. The predicted molar refractivity (Wildman–Crippen MR) is 116 cm³/mol. The molecular formula is C22H26N2O8. The number of nitrogens with zero attached hydrogens (tertiary/aromatic N) is 2. The first kappa shape index (κ1) is 23.8. The van der Waals surface area contributed by atoms with Crippen LogP contribution in [-0.4, -0.2) is 103 Å². The van der Waals surface area contributed by atoms with Crippen molar-refractivity contribution in [3.8, 4) is 22.6 Å². The number of hydrogen-bond acceptors (Lipinski definition) is 10. The van der Waals surface area contributed by atoms with Crippen LogP contribution in [0.3, 0.4) is 0 Å². The van der Waals surface area contributed by atoms with Crippen molar-refractivity contribution in [2.45, 2.75) is 11.1 Å². The van der Waals surface area contributed by atoms with Crippen LogP contribution in [0, 0.1) is 0 Å². The summed E-state index contributed by atoms with van der Waals surface area (Å²) in [6.07, 6.45) is 0. The van der Waals surface area contributed by atoms with Gasteiger partial charge in [-0.3, -0.25) is 9.98 Å². The Labute approximate surface area is 183 Å². The third-order valence-corrected chi connectivity index (χ3v) is 5.49. The number of aliphatic hydroxyl groups excluding tert-OH is 6. The highest BCUT2D eigenvalue weighted by Gasteiger charge is 2.36. The van der Waals surface area contributed by atoms with Crippen LogP contribution in [0.25, 0.3) is 11.1 Å². The van der Waals surface area contributed by atoms with E-state index in [1.54, 1.807) is 12.1 Å². The molecule has 0 amide bonds. The summed E-state index contributed by atoms with van der Waals surface area (Å²) in [6, 6.07) is 8.90. The van der Waals surface area contributed by atoms with Crippen LogP contribution in [0.4, 0.5) is 0 Å². The van der Waals surface area contributed by atoms with E-state index in [2.05, 4.69) is 9.98 Å². The number of phenols is 2. The number of benzene rings is 2. The van der Waals surface area contributed by atoms with E-state index >= 15 is 0 Å². The molecule has 2 aromatic rings. The Hall–Kier alpha value is -2.86. The van der Waals surface area contributed by atoms with E-state index in [0.717, 1.165) is 0 Å². The number of hydrogen-bond donors (Lipinski definition) is 8. The number of fused-ring (bicyclic) bond motifs is 3. The fourth-order valence-corrected chi connectivity index (χ4v) is 3.39. The second kappa shape index (κ2) is 9.33. The van der Waals surface area contributed by atoms with Crippen molar-refractivity contribution >= 4 is 11.4 Å². The summed E-state index contributed by atoms with van der Waals surface area (Å²) in [4.78, 5) is 8.80. The molecule has 10 nitrogen and oxygen atoms in total. The van der Waals surface area contributed by atoms with Gasteiger partial charge in [-0.1, -0.05) is 12.1 Å². The van der Waals surface area contributed by atoms with E-state index in [0.29, 0.717) is 22.3 Å². The zero-order chi connectivity index (χ0) is 23.5. The zero-order valence-electron chi connectivity index (χ0n) is 17.2. The second-order valence-corrected chi connectivity index (χ2v) is 7.78. The topological polar surface area (TPSA) is 187 Å². The van der Waals surface area contributed by atoms with Crippen LogP contribution >= 0.6 is 0 Å². The second-order valence-electron chi connectivity index (χ2n) is 7.78. The normalized spacial score (nSPS) is 16.3. The third-order valence-electron chi connectivity index (χ3n) is 5.49. The molecule has 0 atom stereocenters. The van der Waals surface area contributed by atoms with Gasteiger partial charge in [-0.25, -0.2) is 0 Å². The molecule has 0 heterocycles. The van der Waals surface area contributed by atoms with Crippen molar-refractivity contribution in [2.75, 3.05) is 39.6 Å². The quantitative estimate of drug-likeness (QED) is 0.248. The Morgan fingerprint density at radius 1 is 0.500 bits per heavy atom. The maximum absolute atomic E-state index is 10.1. The van der Waals surface area contributed by atoms with E-state index in [4.69, 9.17) is 0 Å². The molecule has 172 valence electrons. The number of rotatable bonds is 8. The summed E-state index contributed by atoms with van der Waals surface area (Å²) in [5.74, 6) is -0.225. The van der Waals surface area contributed by atoms with Gasteiger partial charge in [0.15, 0.2) is 0 Å². The first-order valence-electron chi connectivity index (χ1n) is 9.84. The van der Waals surface area contributed by atoms with Gasteiger partial charge in [0.25, 0.3) is 0 Å². The molecule has 3 rings (SSSR count). The van der Waals surface area contributed by atoms with Gasteiger partial charge in [-0.15, -0.1) is 0 Å². The molecule has 0 aromatic heterocycles. The van der Waals surface area contributed by atoms with Gasteiger partial charge in [0, 0.05) is 11.1 Å². The fourth-order valence-electron chi connectivity index (χ4n) is 3.39. The number of aliphatic hydroxyl groups is 6. The summed E-state index contributed by atoms with van der Waals surface area (Å²) < 4.78 is 0. The SMILES string of the molecule is OCC(CO)(CO)N=C1C(=NC(CO)(CO)CO)c2cc(O)ccc2-c2ccc(O)cc21. The predicted octanol–water partition coefficient (Wildman–Crippen LogP) is -1.21. The van der Waals surface area contributed by atoms with Crippen molar-refractivity contribution < 1.29 is 40.9 Å². The Balaban J connectivity index is 2.46. The molecule has 2 aromatic carbocycles. The lowest BCUT2D eigenvalue weighted by Gasteiger charge is -2.31. The van der Waals surface area contributed by atoms with Crippen LogP contribution in [0.2, 0.25) is 0 Å². The lowest BCUT2D eigenvalue weighted by atomic mass is 9.81. The van der Waals surface area contributed by atoms with Gasteiger partial charge >= 0.3 is 0 Å². The Kier molecular flexibility index (Phi) is 6.94. The number of aromatic hydroxyl groups is 2. The van der Waals surface area contributed by atoms with Crippen LogP contribution in [0.1, 0.15) is 11.1 Å². The molecule has 8 N–H and O–H groups in total. The monoisotopic (exact) mass is 446 g/mol. The lowest BCUT2D eigenvalue weighted by Crippen LogP contribution is -2.44. The minimum atomic E-state index is -1.71. The lowest BCUT2D eigenvalue weighted by molar-refractivity contribution is 0.0705. The molecule has 1 aliphatic rings. The van der Waals surface area contributed by atoms with Crippen molar-refractivity contribution in [1.82, 2.24) is 0 Å². The Bertz CT molecular complexity index is 942. The smallest absolute Gasteiger partial charge is 0.130 e. The van der Waals surface area contributed by atoms with E-state index in [1.165, 1.54) is 24.3 Å². The largest absolute Gasteiger partial charge is 0.508 e. The molecule has 0 aliphatic heterocycles. The molecule has 0 spiro atoms. The third kappa shape index (κ3) is 4.11. The highest BCUT2D eigenvalue weighted by molar-refractivity contribution is 6.57. The molecule has 0 saturated carbocycles. The number of phenolic OH excluding ortho intramolecular Hbond substituents is 2. The first-order chi connectivity index (χ1) is 15.3. The maximum Gasteiger partial charge on any atom is 0.130 e. The molecule has 32 heavy (non-hydrogen) atoms. The highest BCUT2D eigenvalue weighted by Crippen LogP contribution is 2.38. The average Bonchev–Trinajstić information content (AvgIpc) is 2.82. The molecule has 0 radical (unpaired) electrons. The van der Waals surface area contributed by atoms with Crippen molar-refractivity contribution in [3.63, 3.8) is 0 Å². The van der Waals surface area contributed by atoms with Crippen LogP contribution < -0.4 is 0 Å². The summed E-state index contributed by atoms with van der Waals surface area (Å²) >= 11 is 0. The van der Waals surface area contributed by atoms with Crippen LogP contribution in [0.5, 0.6) is 11.5 Å². The van der Waals surface area contributed by atoms with Crippen molar-refractivity contribution in [1.29, 1.82) is 0 Å². The summed E-state index contributed by atoms with van der Waals surface area (Å²) in [5.41, 5.74) is -1.55. The van der Waals surface area contributed by atoms with E-state index in [1.807, 2.05) is 0 Å². The van der Waals surface area contributed by atoms with E-state index in [9.17, 15) is 40.9 Å². The molecule has 0 fully saturated rings.